The minimum absolute atomic E-state index is 0.136. The molecule has 1 fully saturated rings. The number of nitrogens with zero attached hydrogens (tertiary/aromatic N) is 1. The second kappa shape index (κ2) is 5.28. The van der Waals surface area contributed by atoms with E-state index < -0.39 is 18.3 Å². The minimum atomic E-state index is -4.41. The van der Waals surface area contributed by atoms with Gasteiger partial charge >= 0.3 is 6.18 Å². The number of halogens is 3. The molecule has 110 valence electrons. The first-order valence-electron chi connectivity index (χ1n) is 6.00. The Morgan fingerprint density at radius 1 is 1.50 bits per heavy atom. The van der Waals surface area contributed by atoms with E-state index in [1.54, 1.807) is 6.07 Å². The zero-order valence-corrected chi connectivity index (χ0v) is 10.5. The third-order valence-corrected chi connectivity index (χ3v) is 2.88. The predicted molar refractivity (Wildman–Crippen MR) is 63.8 cm³/mol. The van der Waals surface area contributed by atoms with Crippen LogP contribution in [-0.2, 0) is 11.3 Å². The van der Waals surface area contributed by atoms with Crippen LogP contribution in [0.5, 0.6) is 5.88 Å². The van der Waals surface area contributed by atoms with Gasteiger partial charge in [0, 0.05) is 18.8 Å². The monoisotopic (exact) mass is 289 g/mol. The lowest BCUT2D eigenvalue weighted by atomic mass is 10.2. The van der Waals surface area contributed by atoms with E-state index in [1.807, 2.05) is 0 Å². The van der Waals surface area contributed by atoms with Crippen molar-refractivity contribution < 1.29 is 22.7 Å². The number of rotatable bonds is 5. The number of amides is 1. The molecule has 5 nitrogen and oxygen atoms in total. The van der Waals surface area contributed by atoms with Crippen molar-refractivity contribution in [1.82, 2.24) is 10.3 Å². The molecule has 1 heterocycles. The number of carbonyl (C=O) groups is 1. The van der Waals surface area contributed by atoms with Crippen LogP contribution in [0.1, 0.15) is 18.4 Å². The third-order valence-electron chi connectivity index (χ3n) is 2.88. The average molecular weight is 289 g/mol. The molecule has 8 heteroatoms. The van der Waals surface area contributed by atoms with Crippen molar-refractivity contribution in [3.8, 4) is 5.88 Å². The molecule has 1 amide bonds. The van der Waals surface area contributed by atoms with Gasteiger partial charge < -0.3 is 15.8 Å². The SMILES string of the molecule is NC1(C(=O)NCc2ccnc(OCC(F)(F)F)c2)CC1. The maximum absolute atomic E-state index is 12.0. The van der Waals surface area contributed by atoms with Crippen LogP contribution in [0.2, 0.25) is 0 Å². The molecule has 0 aromatic carbocycles. The first-order chi connectivity index (χ1) is 9.28. The largest absolute Gasteiger partial charge is 0.468 e. The molecule has 20 heavy (non-hydrogen) atoms. The summed E-state index contributed by atoms with van der Waals surface area (Å²) in [5.74, 6) is -0.393. The standard InChI is InChI=1S/C12H14F3N3O2/c13-12(14,15)7-20-9-5-8(1-4-17-9)6-18-10(19)11(16)2-3-11/h1,4-5H,2-3,6-7,16H2,(H,18,19). The number of ether oxygens (including phenoxy) is 1. The van der Waals surface area contributed by atoms with Gasteiger partial charge in [-0.25, -0.2) is 4.98 Å². The van der Waals surface area contributed by atoms with Crippen LogP contribution in [0.3, 0.4) is 0 Å². The number of hydrogen-bond donors (Lipinski definition) is 2. The Morgan fingerprint density at radius 2 is 2.20 bits per heavy atom. The molecule has 0 spiro atoms. The number of hydrogen-bond acceptors (Lipinski definition) is 4. The Balaban J connectivity index is 1.87. The van der Waals surface area contributed by atoms with E-state index in [-0.39, 0.29) is 18.3 Å². The molecular weight excluding hydrogens is 275 g/mol. The Kier molecular flexibility index (Phi) is 3.85. The van der Waals surface area contributed by atoms with Crippen LogP contribution in [0.25, 0.3) is 0 Å². The molecule has 1 saturated carbocycles. The van der Waals surface area contributed by atoms with Gasteiger partial charge in [0.25, 0.3) is 0 Å². The lowest BCUT2D eigenvalue weighted by Crippen LogP contribution is -2.42. The summed E-state index contributed by atoms with van der Waals surface area (Å²) in [4.78, 5) is 15.3. The normalized spacial score (nSPS) is 16.6. The van der Waals surface area contributed by atoms with Gasteiger partial charge in [-0.2, -0.15) is 13.2 Å². The average Bonchev–Trinajstić information content (AvgIpc) is 3.13. The van der Waals surface area contributed by atoms with Gasteiger partial charge in [-0.05, 0) is 24.5 Å². The highest BCUT2D eigenvalue weighted by Crippen LogP contribution is 2.32. The Morgan fingerprint density at radius 3 is 2.80 bits per heavy atom. The first-order valence-corrected chi connectivity index (χ1v) is 6.00. The highest BCUT2D eigenvalue weighted by Gasteiger charge is 2.45. The number of aromatic nitrogens is 1. The molecule has 0 radical (unpaired) electrons. The summed E-state index contributed by atoms with van der Waals surface area (Å²) in [6, 6.07) is 2.93. The van der Waals surface area contributed by atoms with Crippen molar-refractivity contribution in [2.24, 2.45) is 5.73 Å². The molecular formula is C12H14F3N3O2. The minimum Gasteiger partial charge on any atom is -0.468 e. The number of nitrogens with two attached hydrogens (primary N) is 1. The summed E-state index contributed by atoms with van der Waals surface area (Å²) >= 11 is 0. The summed E-state index contributed by atoms with van der Waals surface area (Å²) in [5.41, 5.74) is 5.52. The molecule has 0 saturated heterocycles. The van der Waals surface area contributed by atoms with E-state index in [4.69, 9.17) is 5.73 Å². The fraction of sp³-hybridized carbons (Fsp3) is 0.500. The summed E-state index contributed by atoms with van der Waals surface area (Å²) in [6.07, 6.45) is -1.80. The molecule has 1 aromatic rings. The van der Waals surface area contributed by atoms with Crippen molar-refractivity contribution in [2.45, 2.75) is 31.1 Å². The van der Waals surface area contributed by atoms with E-state index in [1.165, 1.54) is 12.3 Å². The van der Waals surface area contributed by atoms with Gasteiger partial charge in [-0.1, -0.05) is 0 Å². The van der Waals surface area contributed by atoms with Gasteiger partial charge in [0.15, 0.2) is 6.61 Å². The van der Waals surface area contributed by atoms with Gasteiger partial charge in [0.2, 0.25) is 11.8 Å². The zero-order chi connectivity index (χ0) is 14.8. The van der Waals surface area contributed by atoms with Gasteiger partial charge in [0.1, 0.15) is 0 Å². The smallest absolute Gasteiger partial charge is 0.422 e. The van der Waals surface area contributed by atoms with Crippen LogP contribution in [0.4, 0.5) is 13.2 Å². The van der Waals surface area contributed by atoms with Gasteiger partial charge in [-0.15, -0.1) is 0 Å². The van der Waals surface area contributed by atoms with Crippen LogP contribution >= 0.6 is 0 Å². The summed E-state index contributed by atoms with van der Waals surface area (Å²) in [5, 5.41) is 2.63. The number of pyridine rings is 1. The zero-order valence-electron chi connectivity index (χ0n) is 10.5. The van der Waals surface area contributed by atoms with E-state index in [2.05, 4.69) is 15.0 Å². The Bertz CT molecular complexity index is 501. The Hall–Kier alpha value is -1.83. The molecule has 1 aliphatic rings. The highest BCUT2D eigenvalue weighted by atomic mass is 19.4. The fourth-order valence-electron chi connectivity index (χ4n) is 1.52. The Labute approximate surface area is 113 Å². The van der Waals surface area contributed by atoms with Crippen LogP contribution in [0.15, 0.2) is 18.3 Å². The van der Waals surface area contributed by atoms with E-state index in [0.29, 0.717) is 18.4 Å². The molecule has 1 aliphatic carbocycles. The molecule has 0 aliphatic heterocycles. The molecule has 0 unspecified atom stereocenters. The predicted octanol–water partition coefficient (Wildman–Crippen LogP) is 1.13. The quantitative estimate of drug-likeness (QED) is 0.852. The third kappa shape index (κ3) is 4.09. The van der Waals surface area contributed by atoms with Crippen molar-refractivity contribution in [2.75, 3.05) is 6.61 Å². The topological polar surface area (TPSA) is 77.2 Å². The van der Waals surface area contributed by atoms with Crippen LogP contribution in [-0.4, -0.2) is 29.2 Å². The number of carbonyl (C=O) groups excluding carboxylic acids is 1. The fourth-order valence-corrected chi connectivity index (χ4v) is 1.52. The highest BCUT2D eigenvalue weighted by molar-refractivity contribution is 5.88. The maximum atomic E-state index is 12.0. The van der Waals surface area contributed by atoms with Crippen molar-refractivity contribution in [3.63, 3.8) is 0 Å². The second-order valence-corrected chi connectivity index (χ2v) is 4.74. The van der Waals surface area contributed by atoms with E-state index in [9.17, 15) is 18.0 Å². The van der Waals surface area contributed by atoms with Crippen molar-refractivity contribution >= 4 is 5.91 Å². The van der Waals surface area contributed by atoms with Gasteiger partial charge in [0.05, 0.1) is 5.54 Å². The van der Waals surface area contributed by atoms with Crippen molar-refractivity contribution in [3.05, 3.63) is 23.9 Å². The van der Waals surface area contributed by atoms with Crippen molar-refractivity contribution in [1.29, 1.82) is 0 Å². The lowest BCUT2D eigenvalue weighted by Gasteiger charge is -2.11. The van der Waals surface area contributed by atoms with E-state index >= 15 is 0 Å². The van der Waals surface area contributed by atoms with Gasteiger partial charge in [-0.3, -0.25) is 4.79 Å². The molecule has 2 rings (SSSR count). The van der Waals surface area contributed by atoms with Crippen LogP contribution < -0.4 is 15.8 Å². The van der Waals surface area contributed by atoms with Crippen LogP contribution in [0, 0.1) is 0 Å². The second-order valence-electron chi connectivity index (χ2n) is 4.74. The number of alkyl halides is 3. The molecule has 1 aromatic heterocycles. The molecule has 0 atom stereocenters. The summed E-state index contributed by atoms with van der Waals surface area (Å²) in [6.45, 7) is -1.23. The first kappa shape index (κ1) is 14.6. The lowest BCUT2D eigenvalue weighted by molar-refractivity contribution is -0.154. The summed E-state index contributed by atoms with van der Waals surface area (Å²) in [7, 11) is 0. The van der Waals surface area contributed by atoms with E-state index in [0.717, 1.165) is 0 Å². The summed E-state index contributed by atoms with van der Waals surface area (Å²) < 4.78 is 40.6. The molecule has 3 N–H and O–H groups in total. The molecule has 0 bridgehead atoms. The maximum Gasteiger partial charge on any atom is 0.422 e. The number of nitrogens with one attached hydrogen (secondary N) is 1.